The predicted molar refractivity (Wildman–Crippen MR) is 88.0 cm³/mol. The fraction of sp³-hybridized carbons (Fsp3) is 0.833. The Balaban J connectivity index is 3.97. The Morgan fingerprint density at radius 2 is 1.57 bits per heavy atom. The van der Waals surface area contributed by atoms with Crippen LogP contribution >= 0.6 is 0 Å². The minimum Gasteiger partial charge on any atom is -0.459 e. The average molecular weight is 298 g/mol. The zero-order chi connectivity index (χ0) is 16.4. The summed E-state index contributed by atoms with van der Waals surface area (Å²) in [5.41, 5.74) is 0.122. The predicted octanol–water partition coefficient (Wildman–Crippen LogP) is 4.35. The first-order chi connectivity index (χ1) is 9.81. The summed E-state index contributed by atoms with van der Waals surface area (Å²) in [5.74, 6) is 1.66. The molecule has 0 fully saturated rings. The Labute approximate surface area is 130 Å². The van der Waals surface area contributed by atoms with Gasteiger partial charge in [-0.05, 0) is 37.5 Å². The lowest BCUT2D eigenvalue weighted by molar-refractivity contribution is -0.144. The van der Waals surface area contributed by atoms with Crippen molar-refractivity contribution in [3.8, 4) is 0 Å². The highest BCUT2D eigenvalue weighted by atomic mass is 16.5. The first kappa shape index (κ1) is 20.2. The molecule has 4 atom stereocenters. The third-order valence-electron chi connectivity index (χ3n) is 4.60. The van der Waals surface area contributed by atoms with Crippen LogP contribution in [0.1, 0.15) is 66.7 Å². The molecule has 0 aromatic carbocycles. The number of hydrogen-bond donors (Lipinski definition) is 1. The molecule has 124 valence electrons. The largest absolute Gasteiger partial charge is 0.459 e. The van der Waals surface area contributed by atoms with Gasteiger partial charge >= 0.3 is 5.97 Å². The second-order valence-electron chi connectivity index (χ2n) is 6.60. The fourth-order valence-corrected chi connectivity index (χ4v) is 2.21. The lowest BCUT2D eigenvalue weighted by Crippen LogP contribution is -2.19. The van der Waals surface area contributed by atoms with Crippen molar-refractivity contribution in [2.24, 2.45) is 17.8 Å². The van der Waals surface area contributed by atoms with E-state index in [1.54, 1.807) is 0 Å². The van der Waals surface area contributed by atoms with Crippen LogP contribution in [0.3, 0.4) is 0 Å². The van der Waals surface area contributed by atoms with Gasteiger partial charge in [0.1, 0.15) is 0 Å². The standard InChI is InChI=1S/C18H34O3/c1-7-13(2)8-9-14(3)15(4)10-11-17(6)21-18(20)16(5)12-19/h13-15,17,19H,5,7-12H2,1-4,6H3. The van der Waals surface area contributed by atoms with Gasteiger partial charge in [-0.1, -0.05) is 53.5 Å². The lowest BCUT2D eigenvalue weighted by Gasteiger charge is -2.23. The molecule has 3 heteroatoms. The first-order valence-corrected chi connectivity index (χ1v) is 8.31. The molecule has 0 heterocycles. The van der Waals surface area contributed by atoms with Gasteiger partial charge in [0.25, 0.3) is 0 Å². The lowest BCUT2D eigenvalue weighted by atomic mass is 9.85. The Bertz CT molecular complexity index is 312. The van der Waals surface area contributed by atoms with E-state index in [1.165, 1.54) is 19.3 Å². The van der Waals surface area contributed by atoms with Gasteiger partial charge in [-0.2, -0.15) is 0 Å². The van der Waals surface area contributed by atoms with Gasteiger partial charge in [0, 0.05) is 0 Å². The quantitative estimate of drug-likeness (QED) is 0.456. The molecule has 0 aromatic heterocycles. The van der Waals surface area contributed by atoms with Crippen LogP contribution in [0.25, 0.3) is 0 Å². The first-order valence-electron chi connectivity index (χ1n) is 8.31. The maximum Gasteiger partial charge on any atom is 0.336 e. The van der Waals surface area contributed by atoms with Crippen molar-refractivity contribution in [2.45, 2.75) is 72.8 Å². The molecule has 0 aromatic rings. The van der Waals surface area contributed by atoms with Crippen LogP contribution in [0.15, 0.2) is 12.2 Å². The number of hydrogen-bond acceptors (Lipinski definition) is 3. The molecule has 3 nitrogen and oxygen atoms in total. The van der Waals surface area contributed by atoms with Gasteiger partial charge in [0.05, 0.1) is 18.3 Å². The minimum absolute atomic E-state index is 0.120. The molecule has 1 N–H and O–H groups in total. The van der Waals surface area contributed by atoms with Crippen LogP contribution in [0.4, 0.5) is 0 Å². The molecule has 0 saturated heterocycles. The van der Waals surface area contributed by atoms with Crippen LogP contribution in [-0.2, 0) is 9.53 Å². The Hall–Kier alpha value is -0.830. The van der Waals surface area contributed by atoms with Gasteiger partial charge in [0.15, 0.2) is 0 Å². The maximum absolute atomic E-state index is 11.5. The molecular formula is C18H34O3. The number of esters is 1. The van der Waals surface area contributed by atoms with E-state index in [0.717, 1.165) is 18.8 Å². The second kappa shape index (κ2) is 10.8. The number of rotatable bonds is 11. The molecule has 21 heavy (non-hydrogen) atoms. The molecule has 0 aliphatic carbocycles. The molecule has 0 radical (unpaired) electrons. The molecule has 0 aliphatic heterocycles. The van der Waals surface area contributed by atoms with E-state index in [9.17, 15) is 4.79 Å². The molecule has 0 bridgehead atoms. The van der Waals surface area contributed by atoms with Crippen molar-refractivity contribution >= 4 is 5.97 Å². The zero-order valence-corrected chi connectivity index (χ0v) is 14.5. The van der Waals surface area contributed by atoms with Gasteiger partial charge < -0.3 is 9.84 Å². The van der Waals surface area contributed by atoms with Crippen molar-refractivity contribution in [1.29, 1.82) is 0 Å². The third-order valence-corrected chi connectivity index (χ3v) is 4.60. The number of carbonyl (C=O) groups is 1. The number of aliphatic hydroxyl groups excluding tert-OH is 1. The summed E-state index contributed by atoms with van der Waals surface area (Å²) >= 11 is 0. The highest BCUT2D eigenvalue weighted by Gasteiger charge is 2.17. The fourth-order valence-electron chi connectivity index (χ4n) is 2.21. The third kappa shape index (κ3) is 8.92. The molecule has 0 rings (SSSR count). The summed E-state index contributed by atoms with van der Waals surface area (Å²) in [6, 6.07) is 0. The Kier molecular flexibility index (Phi) is 10.4. The van der Waals surface area contributed by atoms with Gasteiger partial charge in [-0.3, -0.25) is 0 Å². The highest BCUT2D eigenvalue weighted by molar-refractivity contribution is 5.88. The van der Waals surface area contributed by atoms with E-state index in [-0.39, 0.29) is 18.3 Å². The van der Waals surface area contributed by atoms with Crippen molar-refractivity contribution in [3.05, 3.63) is 12.2 Å². The maximum atomic E-state index is 11.5. The van der Waals surface area contributed by atoms with Crippen molar-refractivity contribution in [2.75, 3.05) is 6.61 Å². The van der Waals surface area contributed by atoms with Gasteiger partial charge in [-0.25, -0.2) is 4.79 Å². The molecule has 0 aliphatic rings. The summed E-state index contributed by atoms with van der Waals surface area (Å²) in [7, 11) is 0. The topological polar surface area (TPSA) is 46.5 Å². The number of ether oxygens (including phenoxy) is 1. The summed E-state index contributed by atoms with van der Waals surface area (Å²) in [4.78, 5) is 11.5. The van der Waals surface area contributed by atoms with Crippen LogP contribution in [0.5, 0.6) is 0 Å². The monoisotopic (exact) mass is 298 g/mol. The van der Waals surface area contributed by atoms with E-state index in [0.29, 0.717) is 11.8 Å². The van der Waals surface area contributed by atoms with E-state index < -0.39 is 5.97 Å². The van der Waals surface area contributed by atoms with E-state index in [2.05, 4.69) is 34.3 Å². The SMILES string of the molecule is C=C(CO)C(=O)OC(C)CCC(C)C(C)CCC(C)CC. The van der Waals surface area contributed by atoms with Crippen LogP contribution in [0, 0.1) is 17.8 Å². The highest BCUT2D eigenvalue weighted by Crippen LogP contribution is 2.25. The van der Waals surface area contributed by atoms with Crippen molar-refractivity contribution in [3.63, 3.8) is 0 Å². The van der Waals surface area contributed by atoms with E-state index in [1.807, 2.05) is 6.92 Å². The summed E-state index contributed by atoms with van der Waals surface area (Å²) in [6.07, 6.45) is 5.61. The van der Waals surface area contributed by atoms with Gasteiger partial charge in [0.2, 0.25) is 0 Å². The average Bonchev–Trinajstić information content (AvgIpc) is 2.48. The second-order valence-corrected chi connectivity index (χ2v) is 6.60. The molecular weight excluding hydrogens is 264 g/mol. The number of carbonyl (C=O) groups excluding carboxylic acids is 1. The molecule has 0 spiro atoms. The molecule has 0 saturated carbocycles. The van der Waals surface area contributed by atoms with Gasteiger partial charge in [-0.15, -0.1) is 0 Å². The van der Waals surface area contributed by atoms with Crippen LogP contribution < -0.4 is 0 Å². The molecule has 4 unspecified atom stereocenters. The zero-order valence-electron chi connectivity index (χ0n) is 14.5. The normalized spacial score (nSPS) is 16.9. The minimum atomic E-state index is -0.484. The summed E-state index contributed by atoms with van der Waals surface area (Å²) in [6.45, 7) is 14.2. The smallest absolute Gasteiger partial charge is 0.336 e. The van der Waals surface area contributed by atoms with E-state index >= 15 is 0 Å². The van der Waals surface area contributed by atoms with Crippen molar-refractivity contribution < 1.29 is 14.6 Å². The number of aliphatic hydroxyl groups is 1. The molecule has 0 amide bonds. The Morgan fingerprint density at radius 1 is 1.05 bits per heavy atom. The summed E-state index contributed by atoms with van der Waals surface area (Å²) in [5, 5.41) is 8.83. The summed E-state index contributed by atoms with van der Waals surface area (Å²) < 4.78 is 5.25. The van der Waals surface area contributed by atoms with Crippen molar-refractivity contribution in [1.82, 2.24) is 0 Å². The van der Waals surface area contributed by atoms with E-state index in [4.69, 9.17) is 9.84 Å². The Morgan fingerprint density at radius 3 is 2.05 bits per heavy atom. The van der Waals surface area contributed by atoms with Crippen LogP contribution in [-0.4, -0.2) is 23.8 Å². The van der Waals surface area contributed by atoms with Crippen LogP contribution in [0.2, 0.25) is 0 Å².